The number of hydrogen-bond acceptors (Lipinski definition) is 4. The van der Waals surface area contributed by atoms with Crippen LogP contribution in [0.3, 0.4) is 0 Å². The summed E-state index contributed by atoms with van der Waals surface area (Å²) >= 11 is 7.38. The number of benzene rings is 1. The van der Waals surface area contributed by atoms with Crippen LogP contribution in [-0.4, -0.2) is 14.6 Å². The number of nitrogens with two attached hydrogens (primary N) is 1. The molecule has 0 aliphatic heterocycles. The summed E-state index contributed by atoms with van der Waals surface area (Å²) < 4.78 is 1.77. The third-order valence-corrected chi connectivity index (χ3v) is 3.96. The number of halogens is 1. The topological polar surface area (TPSA) is 56.2 Å². The van der Waals surface area contributed by atoms with Gasteiger partial charge in [-0.2, -0.15) is 5.10 Å². The van der Waals surface area contributed by atoms with Crippen LogP contribution in [0.5, 0.6) is 0 Å². The number of imidazole rings is 1. The van der Waals surface area contributed by atoms with Crippen molar-refractivity contribution < 1.29 is 0 Å². The highest BCUT2D eigenvalue weighted by molar-refractivity contribution is 7.16. The molecule has 3 aromatic rings. The predicted molar refractivity (Wildman–Crippen MR) is 73.9 cm³/mol. The Morgan fingerprint density at radius 3 is 2.67 bits per heavy atom. The van der Waals surface area contributed by atoms with E-state index in [-0.39, 0.29) is 6.04 Å². The number of aromatic nitrogens is 3. The van der Waals surface area contributed by atoms with Gasteiger partial charge in [0.2, 0.25) is 4.96 Å². The van der Waals surface area contributed by atoms with Gasteiger partial charge in [-0.05, 0) is 19.1 Å². The van der Waals surface area contributed by atoms with Gasteiger partial charge < -0.3 is 5.73 Å². The maximum absolute atomic E-state index is 5.86. The van der Waals surface area contributed by atoms with Crippen molar-refractivity contribution in [2.75, 3.05) is 0 Å². The zero-order chi connectivity index (χ0) is 12.7. The second-order valence-corrected chi connectivity index (χ2v) is 5.51. The summed E-state index contributed by atoms with van der Waals surface area (Å²) in [4.78, 5) is 5.39. The van der Waals surface area contributed by atoms with E-state index in [1.807, 2.05) is 37.4 Å². The molecule has 3 rings (SSSR count). The highest BCUT2D eigenvalue weighted by atomic mass is 35.5. The summed E-state index contributed by atoms with van der Waals surface area (Å²) in [7, 11) is 0. The molecule has 0 radical (unpaired) electrons. The first-order valence-corrected chi connectivity index (χ1v) is 6.70. The van der Waals surface area contributed by atoms with Gasteiger partial charge in [-0.3, -0.25) is 0 Å². The van der Waals surface area contributed by atoms with Crippen LogP contribution in [0.2, 0.25) is 5.02 Å². The fourth-order valence-electron chi connectivity index (χ4n) is 1.66. The molecule has 0 aliphatic rings. The summed E-state index contributed by atoms with van der Waals surface area (Å²) in [6.45, 7) is 1.92. The lowest BCUT2D eigenvalue weighted by molar-refractivity contribution is 0.769. The molecule has 2 aromatic heterocycles. The van der Waals surface area contributed by atoms with Gasteiger partial charge in [-0.1, -0.05) is 35.1 Å². The van der Waals surface area contributed by atoms with E-state index in [1.165, 1.54) is 11.3 Å². The Bertz CT molecular complexity index is 652. The summed E-state index contributed by atoms with van der Waals surface area (Å²) in [5.74, 6) is 0. The fraction of sp³-hybridized carbons (Fsp3) is 0.167. The van der Waals surface area contributed by atoms with Crippen LogP contribution in [0.25, 0.3) is 16.2 Å². The summed E-state index contributed by atoms with van der Waals surface area (Å²) in [6, 6.07) is 7.54. The summed E-state index contributed by atoms with van der Waals surface area (Å²) in [5, 5.41) is 6.01. The quantitative estimate of drug-likeness (QED) is 0.783. The van der Waals surface area contributed by atoms with Crippen molar-refractivity contribution in [1.29, 1.82) is 0 Å². The molecule has 0 aliphatic carbocycles. The van der Waals surface area contributed by atoms with Crippen molar-refractivity contribution in [3.63, 3.8) is 0 Å². The van der Waals surface area contributed by atoms with Crippen LogP contribution in [0.4, 0.5) is 0 Å². The Morgan fingerprint density at radius 1 is 1.33 bits per heavy atom. The maximum Gasteiger partial charge on any atom is 0.212 e. The van der Waals surface area contributed by atoms with Crippen LogP contribution in [0, 0.1) is 0 Å². The maximum atomic E-state index is 5.86. The molecular weight excluding hydrogens is 268 g/mol. The summed E-state index contributed by atoms with van der Waals surface area (Å²) in [5.41, 5.74) is 7.71. The number of nitrogens with zero attached hydrogens (tertiary/aromatic N) is 3. The van der Waals surface area contributed by atoms with E-state index in [2.05, 4.69) is 10.1 Å². The van der Waals surface area contributed by atoms with Crippen LogP contribution >= 0.6 is 22.9 Å². The monoisotopic (exact) mass is 278 g/mol. The molecule has 2 N–H and O–H groups in total. The molecule has 4 nitrogen and oxygen atoms in total. The average Bonchev–Trinajstić information content (AvgIpc) is 2.87. The van der Waals surface area contributed by atoms with Crippen molar-refractivity contribution in [2.24, 2.45) is 5.73 Å². The van der Waals surface area contributed by atoms with E-state index in [1.54, 1.807) is 4.52 Å². The van der Waals surface area contributed by atoms with Gasteiger partial charge in [0.25, 0.3) is 0 Å². The lowest BCUT2D eigenvalue weighted by atomic mass is 10.2. The van der Waals surface area contributed by atoms with Gasteiger partial charge in [-0.15, -0.1) is 0 Å². The van der Waals surface area contributed by atoms with Crippen LogP contribution in [-0.2, 0) is 0 Å². The molecule has 1 atom stereocenters. The molecule has 0 bridgehead atoms. The van der Waals surface area contributed by atoms with Crippen molar-refractivity contribution in [2.45, 2.75) is 13.0 Å². The Morgan fingerprint density at radius 2 is 2.06 bits per heavy atom. The minimum Gasteiger partial charge on any atom is -0.322 e. The normalized spacial score (nSPS) is 13.1. The highest BCUT2D eigenvalue weighted by Gasteiger charge is 2.11. The van der Waals surface area contributed by atoms with E-state index in [0.29, 0.717) is 0 Å². The van der Waals surface area contributed by atoms with E-state index in [4.69, 9.17) is 17.3 Å². The van der Waals surface area contributed by atoms with Crippen LogP contribution in [0.1, 0.15) is 18.0 Å². The van der Waals surface area contributed by atoms with E-state index < -0.39 is 0 Å². The standard InChI is InChI=1S/C12H11ClN4S/c1-7(14)11-16-17-6-10(15-12(17)18-11)8-2-4-9(13)5-3-8/h2-7H,14H2,1H3. The summed E-state index contributed by atoms with van der Waals surface area (Å²) in [6.07, 6.45) is 1.90. The Labute approximate surface area is 113 Å². The Balaban J connectivity index is 2.03. The Kier molecular flexibility index (Phi) is 2.81. The zero-order valence-corrected chi connectivity index (χ0v) is 11.2. The zero-order valence-electron chi connectivity index (χ0n) is 9.67. The molecule has 92 valence electrons. The third kappa shape index (κ3) is 2.01. The Hall–Kier alpha value is -1.43. The SMILES string of the molecule is CC(N)c1nn2cc(-c3ccc(Cl)cc3)nc2s1. The first-order chi connectivity index (χ1) is 8.63. The van der Waals surface area contributed by atoms with Gasteiger partial charge >= 0.3 is 0 Å². The molecule has 0 saturated heterocycles. The molecule has 0 amide bonds. The highest BCUT2D eigenvalue weighted by Crippen LogP contribution is 2.25. The van der Waals surface area contributed by atoms with Crippen molar-refractivity contribution in [3.8, 4) is 11.3 Å². The largest absolute Gasteiger partial charge is 0.322 e. The van der Waals surface area contributed by atoms with Crippen molar-refractivity contribution >= 4 is 27.9 Å². The van der Waals surface area contributed by atoms with E-state index >= 15 is 0 Å². The molecule has 18 heavy (non-hydrogen) atoms. The van der Waals surface area contributed by atoms with Crippen LogP contribution in [0.15, 0.2) is 30.5 Å². The van der Waals surface area contributed by atoms with Gasteiger partial charge in [-0.25, -0.2) is 9.50 Å². The second-order valence-electron chi connectivity index (χ2n) is 4.09. The molecule has 0 saturated carbocycles. The van der Waals surface area contributed by atoms with E-state index in [0.717, 1.165) is 26.2 Å². The van der Waals surface area contributed by atoms with Gasteiger partial charge in [0.15, 0.2) is 0 Å². The van der Waals surface area contributed by atoms with Gasteiger partial charge in [0.05, 0.1) is 17.9 Å². The van der Waals surface area contributed by atoms with Crippen LogP contribution < -0.4 is 5.73 Å². The lowest BCUT2D eigenvalue weighted by Crippen LogP contribution is -2.04. The lowest BCUT2D eigenvalue weighted by Gasteiger charge is -1.96. The number of hydrogen-bond donors (Lipinski definition) is 1. The van der Waals surface area contributed by atoms with Gasteiger partial charge in [0, 0.05) is 10.6 Å². The average molecular weight is 279 g/mol. The molecule has 0 fully saturated rings. The molecule has 2 heterocycles. The molecule has 6 heteroatoms. The number of fused-ring (bicyclic) bond motifs is 1. The molecule has 1 unspecified atom stereocenters. The second kappa shape index (κ2) is 4.35. The first kappa shape index (κ1) is 11.6. The van der Waals surface area contributed by atoms with Crippen molar-refractivity contribution in [3.05, 3.63) is 40.5 Å². The third-order valence-electron chi connectivity index (χ3n) is 2.59. The molecule has 0 spiro atoms. The van der Waals surface area contributed by atoms with Gasteiger partial charge in [0.1, 0.15) is 5.01 Å². The first-order valence-electron chi connectivity index (χ1n) is 5.51. The molecular formula is C12H11ClN4S. The minimum absolute atomic E-state index is 0.0596. The smallest absolute Gasteiger partial charge is 0.212 e. The minimum atomic E-state index is -0.0596. The fourth-order valence-corrected chi connectivity index (χ4v) is 2.62. The predicted octanol–water partition coefficient (Wildman–Crippen LogP) is 3.13. The number of rotatable bonds is 2. The van der Waals surface area contributed by atoms with E-state index in [9.17, 15) is 0 Å². The molecule has 1 aromatic carbocycles. The van der Waals surface area contributed by atoms with Crippen molar-refractivity contribution in [1.82, 2.24) is 14.6 Å².